The molecule has 0 spiro atoms. The molecule has 4 N–H and O–H groups in total. The van der Waals surface area contributed by atoms with Crippen LogP contribution in [0.15, 0.2) is 23.3 Å². The van der Waals surface area contributed by atoms with Gasteiger partial charge in [-0.1, -0.05) is 6.07 Å². The highest BCUT2D eigenvalue weighted by atomic mass is 32.1. The molecule has 0 saturated carbocycles. The number of nitrogens with two attached hydrogens (primary N) is 2. The standard InChI is InChI=1S/C12H13N3O2S/c1-2-17-12(16)11-10(13)8-5-7(6-15-14)3-4-9(8)18-11/h3-6H,2,13-14H2,1H3. The number of esters is 1. The number of carbonyl (C=O) groups excluding carboxylic acids is 1. The van der Waals surface area contributed by atoms with Gasteiger partial charge in [0, 0.05) is 10.1 Å². The number of thiophene rings is 1. The summed E-state index contributed by atoms with van der Waals surface area (Å²) < 4.78 is 5.90. The third-order valence-electron chi connectivity index (χ3n) is 2.43. The predicted molar refractivity (Wildman–Crippen MR) is 74.0 cm³/mol. The molecule has 0 fully saturated rings. The summed E-state index contributed by atoms with van der Waals surface area (Å²) in [5.41, 5.74) is 7.25. The van der Waals surface area contributed by atoms with Crippen molar-refractivity contribution < 1.29 is 9.53 Å². The topological polar surface area (TPSA) is 90.7 Å². The van der Waals surface area contributed by atoms with Crippen LogP contribution in [0, 0.1) is 0 Å². The number of nitrogen functional groups attached to an aromatic ring is 1. The van der Waals surface area contributed by atoms with Gasteiger partial charge in [0.25, 0.3) is 0 Å². The largest absolute Gasteiger partial charge is 0.462 e. The fourth-order valence-corrected chi connectivity index (χ4v) is 2.65. The Morgan fingerprint density at radius 2 is 2.33 bits per heavy atom. The van der Waals surface area contributed by atoms with Crippen LogP contribution in [0.3, 0.4) is 0 Å². The lowest BCUT2D eigenvalue weighted by Crippen LogP contribution is -2.04. The summed E-state index contributed by atoms with van der Waals surface area (Å²) in [6.45, 7) is 2.09. The Hall–Kier alpha value is -2.08. The van der Waals surface area contributed by atoms with E-state index in [1.807, 2.05) is 18.2 Å². The SMILES string of the molecule is CCOC(=O)c1sc2ccc(C=NN)cc2c1N. The molecule has 0 saturated heterocycles. The van der Waals surface area contributed by atoms with Gasteiger partial charge in [-0.2, -0.15) is 5.10 Å². The van der Waals surface area contributed by atoms with Gasteiger partial charge in [0.2, 0.25) is 0 Å². The monoisotopic (exact) mass is 263 g/mol. The Labute approximate surface area is 108 Å². The number of hydrogen-bond donors (Lipinski definition) is 2. The van der Waals surface area contributed by atoms with Gasteiger partial charge in [-0.25, -0.2) is 4.79 Å². The maximum absolute atomic E-state index is 11.7. The van der Waals surface area contributed by atoms with Gasteiger partial charge in [0.15, 0.2) is 0 Å². The molecule has 6 heteroatoms. The van der Waals surface area contributed by atoms with Crippen LogP contribution in [0.1, 0.15) is 22.2 Å². The first-order valence-electron chi connectivity index (χ1n) is 5.39. The van der Waals surface area contributed by atoms with E-state index in [0.717, 1.165) is 15.6 Å². The minimum Gasteiger partial charge on any atom is -0.462 e. The van der Waals surface area contributed by atoms with Crippen LogP contribution in [0.5, 0.6) is 0 Å². The van der Waals surface area contributed by atoms with E-state index in [4.69, 9.17) is 16.3 Å². The molecule has 0 atom stereocenters. The molecule has 0 aliphatic rings. The van der Waals surface area contributed by atoms with Crippen LogP contribution in [0.25, 0.3) is 10.1 Å². The Balaban J connectivity index is 2.52. The zero-order chi connectivity index (χ0) is 13.1. The first kappa shape index (κ1) is 12.4. The van der Waals surface area contributed by atoms with Crippen LogP contribution < -0.4 is 11.6 Å². The van der Waals surface area contributed by atoms with E-state index in [2.05, 4.69) is 5.10 Å². The summed E-state index contributed by atoms with van der Waals surface area (Å²) >= 11 is 1.32. The predicted octanol–water partition coefficient (Wildman–Crippen LogP) is 1.95. The molecule has 2 rings (SSSR count). The number of rotatable bonds is 3. The van der Waals surface area contributed by atoms with Gasteiger partial charge < -0.3 is 16.3 Å². The third-order valence-corrected chi connectivity index (χ3v) is 3.60. The zero-order valence-corrected chi connectivity index (χ0v) is 10.7. The van der Waals surface area contributed by atoms with Crippen LogP contribution in [-0.4, -0.2) is 18.8 Å². The first-order valence-corrected chi connectivity index (χ1v) is 6.21. The van der Waals surface area contributed by atoms with E-state index in [9.17, 15) is 4.79 Å². The van der Waals surface area contributed by atoms with Crippen molar-refractivity contribution in [2.24, 2.45) is 10.9 Å². The Kier molecular flexibility index (Phi) is 3.47. The lowest BCUT2D eigenvalue weighted by Gasteiger charge is -1.99. The summed E-state index contributed by atoms with van der Waals surface area (Å²) in [6, 6.07) is 5.60. The smallest absolute Gasteiger partial charge is 0.350 e. The van der Waals surface area contributed by atoms with Crippen LogP contribution in [0.4, 0.5) is 5.69 Å². The molecule has 2 aromatic rings. The van der Waals surface area contributed by atoms with E-state index in [1.54, 1.807) is 6.92 Å². The van der Waals surface area contributed by atoms with Crippen LogP contribution >= 0.6 is 11.3 Å². The number of fused-ring (bicyclic) bond motifs is 1. The third kappa shape index (κ3) is 2.14. The van der Waals surface area contributed by atoms with Gasteiger partial charge in [-0.3, -0.25) is 0 Å². The molecule has 0 amide bonds. The average Bonchev–Trinajstić information content (AvgIpc) is 2.68. The Morgan fingerprint density at radius 3 is 3.00 bits per heavy atom. The number of hydrazone groups is 1. The normalized spacial score (nSPS) is 11.2. The number of anilines is 1. The lowest BCUT2D eigenvalue weighted by molar-refractivity contribution is 0.0533. The van der Waals surface area contributed by atoms with Crippen molar-refractivity contribution in [3.05, 3.63) is 28.6 Å². The van der Waals surface area contributed by atoms with Crippen molar-refractivity contribution >= 4 is 39.3 Å². The Morgan fingerprint density at radius 1 is 1.56 bits per heavy atom. The van der Waals surface area contributed by atoms with Crippen molar-refractivity contribution in [3.8, 4) is 0 Å². The molecule has 5 nitrogen and oxygen atoms in total. The van der Waals surface area contributed by atoms with Crippen LogP contribution in [-0.2, 0) is 4.74 Å². The molecule has 94 valence electrons. The summed E-state index contributed by atoms with van der Waals surface area (Å²) in [4.78, 5) is 12.1. The van der Waals surface area contributed by atoms with Gasteiger partial charge in [-0.05, 0) is 24.6 Å². The van der Waals surface area contributed by atoms with Crippen molar-refractivity contribution in [1.29, 1.82) is 0 Å². The highest BCUT2D eigenvalue weighted by molar-refractivity contribution is 7.21. The molecule has 0 bridgehead atoms. The maximum atomic E-state index is 11.7. The van der Waals surface area contributed by atoms with E-state index in [0.29, 0.717) is 17.2 Å². The minimum atomic E-state index is -0.384. The summed E-state index contributed by atoms with van der Waals surface area (Å²) in [5, 5.41) is 4.28. The molecule has 1 aromatic carbocycles. The van der Waals surface area contributed by atoms with Crippen molar-refractivity contribution in [3.63, 3.8) is 0 Å². The van der Waals surface area contributed by atoms with Crippen LogP contribution in [0.2, 0.25) is 0 Å². The van der Waals surface area contributed by atoms with Crippen molar-refractivity contribution in [1.82, 2.24) is 0 Å². The van der Waals surface area contributed by atoms with Gasteiger partial charge in [-0.15, -0.1) is 11.3 Å². The molecule has 18 heavy (non-hydrogen) atoms. The Bertz CT molecular complexity index is 619. The second-order valence-corrected chi connectivity index (χ2v) is 4.65. The molecule has 0 aliphatic carbocycles. The molecule has 1 heterocycles. The number of nitrogens with zero attached hydrogens (tertiary/aromatic N) is 1. The molecule has 1 aromatic heterocycles. The second-order valence-electron chi connectivity index (χ2n) is 3.60. The fraction of sp³-hybridized carbons (Fsp3) is 0.167. The van der Waals surface area contributed by atoms with E-state index in [-0.39, 0.29) is 5.97 Å². The molecular formula is C12H13N3O2S. The maximum Gasteiger partial charge on any atom is 0.350 e. The van der Waals surface area contributed by atoms with Crippen molar-refractivity contribution in [2.75, 3.05) is 12.3 Å². The second kappa shape index (κ2) is 5.05. The molecule has 0 aliphatic heterocycles. The lowest BCUT2D eigenvalue weighted by atomic mass is 10.1. The summed E-state index contributed by atoms with van der Waals surface area (Å²) in [6.07, 6.45) is 1.53. The van der Waals surface area contributed by atoms with E-state index < -0.39 is 0 Å². The number of ether oxygens (including phenoxy) is 1. The average molecular weight is 263 g/mol. The quantitative estimate of drug-likeness (QED) is 0.383. The minimum absolute atomic E-state index is 0.331. The molecule has 0 unspecified atom stereocenters. The summed E-state index contributed by atoms with van der Waals surface area (Å²) in [5.74, 6) is 4.72. The van der Waals surface area contributed by atoms with Crippen molar-refractivity contribution in [2.45, 2.75) is 6.92 Å². The molecule has 0 radical (unpaired) electrons. The number of hydrogen-bond acceptors (Lipinski definition) is 6. The van der Waals surface area contributed by atoms with Gasteiger partial charge in [0.1, 0.15) is 4.88 Å². The van der Waals surface area contributed by atoms with E-state index in [1.165, 1.54) is 17.6 Å². The number of carbonyl (C=O) groups is 1. The highest BCUT2D eigenvalue weighted by Crippen LogP contribution is 2.34. The van der Waals surface area contributed by atoms with Gasteiger partial charge in [0.05, 0.1) is 18.5 Å². The fourth-order valence-electron chi connectivity index (χ4n) is 1.65. The first-order chi connectivity index (χ1) is 8.67. The van der Waals surface area contributed by atoms with Gasteiger partial charge >= 0.3 is 5.97 Å². The highest BCUT2D eigenvalue weighted by Gasteiger charge is 2.17. The molecular weight excluding hydrogens is 250 g/mol. The zero-order valence-electron chi connectivity index (χ0n) is 9.84. The number of benzene rings is 1. The summed E-state index contributed by atoms with van der Waals surface area (Å²) in [7, 11) is 0. The van der Waals surface area contributed by atoms with E-state index >= 15 is 0 Å².